The highest BCUT2D eigenvalue weighted by atomic mass is 32.2. The van der Waals surface area contributed by atoms with Crippen LogP contribution in [0.3, 0.4) is 0 Å². The maximum absolute atomic E-state index is 13.6. The van der Waals surface area contributed by atoms with Crippen LogP contribution in [-0.2, 0) is 32.9 Å². The molecule has 0 radical (unpaired) electrons. The van der Waals surface area contributed by atoms with Gasteiger partial charge in [0.2, 0.25) is 0 Å². The average molecular weight is 750 g/mol. The van der Waals surface area contributed by atoms with Crippen molar-refractivity contribution in [1.82, 2.24) is 19.5 Å². The van der Waals surface area contributed by atoms with Gasteiger partial charge < -0.3 is 33.2 Å². The van der Waals surface area contributed by atoms with E-state index in [0.29, 0.717) is 24.9 Å². The van der Waals surface area contributed by atoms with Crippen molar-refractivity contribution in [2.24, 2.45) is 5.92 Å². The van der Waals surface area contributed by atoms with Gasteiger partial charge >= 0.3 is 0 Å². The molecule has 2 aromatic heterocycles. The number of aromatic amines is 1. The Morgan fingerprint density at radius 3 is 2.61 bits per heavy atom. The molecule has 2 aliphatic rings. The third kappa shape index (κ3) is 9.40. The summed E-state index contributed by atoms with van der Waals surface area (Å²) in [6, 6.07) is 21.2. The first-order valence-corrected chi connectivity index (χ1v) is 21.2. The molecule has 0 bridgehead atoms. The lowest BCUT2D eigenvalue weighted by Gasteiger charge is -2.33. The fraction of sp³-hybridized carbons (Fsp3) is 0.455. The number of imidazole rings is 2. The Kier molecular flexibility index (Phi) is 13.1. The summed E-state index contributed by atoms with van der Waals surface area (Å²) in [6.07, 6.45) is 11.6. The molecule has 3 aromatic carbocycles. The number of anilines is 1. The van der Waals surface area contributed by atoms with Crippen molar-refractivity contribution >= 4 is 39.5 Å². The Hall–Kier alpha value is -4.09. The van der Waals surface area contributed by atoms with Gasteiger partial charge in [0, 0.05) is 51.2 Å². The first kappa shape index (κ1) is 38.2. The number of fused-ring (bicyclic) bond motifs is 2. The lowest BCUT2D eigenvalue weighted by Crippen LogP contribution is -2.34. The van der Waals surface area contributed by atoms with E-state index in [1.807, 2.05) is 43.6 Å². The van der Waals surface area contributed by atoms with Crippen molar-refractivity contribution in [2.45, 2.75) is 82.9 Å². The second-order valence-corrected chi connectivity index (χ2v) is 16.1. The predicted molar refractivity (Wildman–Crippen MR) is 219 cm³/mol. The molecule has 7 rings (SSSR count). The van der Waals surface area contributed by atoms with Gasteiger partial charge in [0.05, 0.1) is 35.4 Å². The van der Waals surface area contributed by atoms with E-state index in [4.69, 9.17) is 19.2 Å². The summed E-state index contributed by atoms with van der Waals surface area (Å²) in [5, 5.41) is 0. The molecule has 0 saturated carbocycles. The molecule has 4 heterocycles. The molecule has 2 aliphatic heterocycles. The summed E-state index contributed by atoms with van der Waals surface area (Å²) < 4.78 is 33.1. The predicted octanol–water partition coefficient (Wildman–Crippen LogP) is 9.22. The van der Waals surface area contributed by atoms with Crippen LogP contribution >= 0.6 is 0 Å². The number of benzene rings is 3. The maximum atomic E-state index is 13.6. The monoisotopic (exact) mass is 749 g/mol. The molecule has 0 spiro atoms. The Morgan fingerprint density at radius 1 is 0.963 bits per heavy atom. The molecule has 54 heavy (non-hydrogen) atoms. The number of nitrogens with one attached hydrogen (secondary N) is 1. The molecule has 1 fully saturated rings. The zero-order valence-electron chi connectivity index (χ0n) is 32.1. The molecule has 9 nitrogen and oxygen atoms in total. The van der Waals surface area contributed by atoms with Crippen molar-refractivity contribution in [3.8, 4) is 16.9 Å². The van der Waals surface area contributed by atoms with Crippen LogP contribution in [0.1, 0.15) is 81.6 Å². The van der Waals surface area contributed by atoms with Crippen molar-refractivity contribution in [3.63, 3.8) is 0 Å². The average Bonchev–Trinajstić information content (AvgIpc) is 3.77. The zero-order chi connectivity index (χ0) is 37.3. The van der Waals surface area contributed by atoms with Gasteiger partial charge in [0.1, 0.15) is 18.2 Å². The Bertz CT molecular complexity index is 2000. The van der Waals surface area contributed by atoms with Crippen LogP contribution in [-0.4, -0.2) is 70.2 Å². The van der Waals surface area contributed by atoms with Crippen LogP contribution in [0.15, 0.2) is 71.9 Å². The highest BCUT2D eigenvalue weighted by Crippen LogP contribution is 2.36. The number of H-pyrrole nitrogens is 1. The number of allylic oxidation sites excluding steroid dienone is 1. The number of hydrogen-bond acceptors (Lipinski definition) is 7. The van der Waals surface area contributed by atoms with Crippen LogP contribution in [0.2, 0.25) is 0 Å². The summed E-state index contributed by atoms with van der Waals surface area (Å²) in [5.41, 5.74) is 9.72. The van der Waals surface area contributed by atoms with Gasteiger partial charge in [-0.2, -0.15) is 0 Å². The van der Waals surface area contributed by atoms with E-state index in [-0.39, 0.29) is 0 Å². The van der Waals surface area contributed by atoms with Crippen LogP contribution in [0.4, 0.5) is 5.69 Å². The lowest BCUT2D eigenvalue weighted by atomic mass is 9.94. The molecule has 1 saturated heterocycles. The first-order chi connectivity index (χ1) is 26.5. The number of aryl methyl sites for hydroxylation is 2. The van der Waals surface area contributed by atoms with E-state index in [0.717, 1.165) is 134 Å². The molecular formula is C44H55N5O4S. The summed E-state index contributed by atoms with van der Waals surface area (Å²) in [7, 11) is 0. The van der Waals surface area contributed by atoms with Gasteiger partial charge in [-0.25, -0.2) is 9.97 Å². The molecular weight excluding hydrogens is 695 g/mol. The molecule has 0 aliphatic carbocycles. The van der Waals surface area contributed by atoms with Crippen LogP contribution in [0.25, 0.3) is 33.8 Å². The number of ether oxygens (including phenoxy) is 3. The number of rotatable bonds is 16. The second-order valence-electron chi connectivity index (χ2n) is 14.6. The highest BCUT2D eigenvalue weighted by Gasteiger charge is 2.23. The molecule has 1 N–H and O–H groups in total. The largest absolute Gasteiger partial charge is 0.611 e. The summed E-state index contributed by atoms with van der Waals surface area (Å²) in [6.45, 7) is 12.8. The van der Waals surface area contributed by atoms with Gasteiger partial charge in [0.25, 0.3) is 0 Å². The van der Waals surface area contributed by atoms with Crippen molar-refractivity contribution in [3.05, 3.63) is 89.8 Å². The first-order valence-electron chi connectivity index (χ1n) is 19.9. The standard InChI is InChI=1S/C44H55N5O4S/c1-4-6-21-51-24-25-53-38-12-9-34(10-13-38)35-11-16-42-37(26-35)27-36(8-7-20-48(42)29-33-17-22-52-23-18-33)44-46-40-15-14-39(28-41(40)47-44)54(50)30-43-32(3)45-31-49(43)19-5-2/h9-16,26-28,31,33H,4-8,17-25,29-30H2,1-3H3,(H,46,47)/b36-27+. The smallest absolute Gasteiger partial charge is 0.155 e. The summed E-state index contributed by atoms with van der Waals surface area (Å²) in [4.78, 5) is 16.6. The van der Waals surface area contributed by atoms with E-state index in [1.54, 1.807) is 0 Å². The van der Waals surface area contributed by atoms with Crippen LogP contribution in [0, 0.1) is 12.8 Å². The minimum Gasteiger partial charge on any atom is -0.611 e. The fourth-order valence-corrected chi connectivity index (χ4v) is 8.78. The fourth-order valence-electron chi connectivity index (χ4n) is 7.53. The molecule has 5 aromatic rings. The SMILES string of the molecule is CCCCOCCOc1ccc(-c2ccc3c(c2)/C=C(/c2nc4ccc([S+]([O-])Cc5c(C)ncn5CCC)cc4[nH]2)CCCN3CC2CCOCC2)cc1. The van der Waals surface area contributed by atoms with E-state index in [1.165, 1.54) is 16.8 Å². The van der Waals surface area contributed by atoms with Crippen molar-refractivity contribution in [2.75, 3.05) is 51.0 Å². The van der Waals surface area contributed by atoms with E-state index in [2.05, 4.69) is 69.7 Å². The second kappa shape index (κ2) is 18.5. The normalized spacial score (nSPS) is 16.8. The zero-order valence-corrected chi connectivity index (χ0v) is 33.0. The van der Waals surface area contributed by atoms with Crippen molar-refractivity contribution in [1.29, 1.82) is 0 Å². The summed E-state index contributed by atoms with van der Waals surface area (Å²) >= 11 is -1.21. The number of aromatic nitrogens is 4. The van der Waals surface area contributed by atoms with Gasteiger partial charge in [0.15, 0.2) is 10.6 Å². The third-order valence-corrected chi connectivity index (χ3v) is 11.9. The number of unbranched alkanes of at least 4 members (excludes halogenated alkanes) is 1. The molecule has 1 atom stereocenters. The Balaban J connectivity index is 1.15. The topological polar surface area (TPSA) is 100 Å². The lowest BCUT2D eigenvalue weighted by molar-refractivity contribution is 0.0682. The highest BCUT2D eigenvalue weighted by molar-refractivity contribution is 7.90. The van der Waals surface area contributed by atoms with Gasteiger partial charge in [-0.3, -0.25) is 0 Å². The quantitative estimate of drug-likeness (QED) is 0.0793. The maximum Gasteiger partial charge on any atom is 0.155 e. The Morgan fingerprint density at radius 2 is 1.80 bits per heavy atom. The van der Waals surface area contributed by atoms with Crippen LogP contribution < -0.4 is 9.64 Å². The molecule has 10 heteroatoms. The van der Waals surface area contributed by atoms with E-state index < -0.39 is 11.2 Å². The van der Waals surface area contributed by atoms with Crippen molar-refractivity contribution < 1.29 is 18.8 Å². The minimum absolute atomic E-state index is 0.441. The van der Waals surface area contributed by atoms with Crippen LogP contribution in [0.5, 0.6) is 5.75 Å². The number of hydrogen-bond donors (Lipinski definition) is 1. The minimum atomic E-state index is -1.21. The number of nitrogens with zero attached hydrogens (tertiary/aromatic N) is 4. The van der Waals surface area contributed by atoms with Gasteiger partial charge in [-0.1, -0.05) is 38.5 Å². The van der Waals surface area contributed by atoms with E-state index >= 15 is 0 Å². The van der Waals surface area contributed by atoms with E-state index in [9.17, 15) is 4.55 Å². The van der Waals surface area contributed by atoms with Gasteiger partial charge in [-0.15, -0.1) is 0 Å². The van der Waals surface area contributed by atoms with Gasteiger partial charge in [-0.05, 0) is 127 Å². The third-order valence-electron chi connectivity index (χ3n) is 10.6. The molecule has 0 amide bonds. The molecule has 286 valence electrons. The molecule has 1 unspecified atom stereocenters. The summed E-state index contributed by atoms with van der Waals surface area (Å²) in [5.74, 6) is 2.80. The Labute approximate surface area is 323 Å².